The van der Waals surface area contributed by atoms with Crippen LogP contribution in [0, 0.1) is 23.7 Å². The van der Waals surface area contributed by atoms with Crippen LogP contribution in [0.25, 0.3) is 0 Å². The highest BCUT2D eigenvalue weighted by atomic mass is 14.5. The molecule has 0 heterocycles. The van der Waals surface area contributed by atoms with Gasteiger partial charge in [0.15, 0.2) is 0 Å². The van der Waals surface area contributed by atoms with Crippen LogP contribution in [-0.4, -0.2) is 0 Å². The van der Waals surface area contributed by atoms with Gasteiger partial charge in [-0.1, -0.05) is 12.2 Å². The van der Waals surface area contributed by atoms with Gasteiger partial charge in [-0.3, -0.25) is 0 Å². The second kappa shape index (κ2) is 1.66. The summed E-state index contributed by atoms with van der Waals surface area (Å²) in [6, 6.07) is 0. The van der Waals surface area contributed by atoms with Gasteiger partial charge in [-0.05, 0) is 49.3 Å². The molecule has 0 saturated heterocycles. The topological polar surface area (TPSA) is 0 Å². The Balaban J connectivity index is 1.96. The van der Waals surface area contributed by atoms with E-state index in [0.29, 0.717) is 0 Å². The molecule has 0 spiro atoms. The van der Waals surface area contributed by atoms with E-state index in [-0.39, 0.29) is 6.40 Å². The summed E-state index contributed by atoms with van der Waals surface area (Å²) in [5.41, 5.74) is 0. The second-order valence-corrected chi connectivity index (χ2v) is 4.07. The van der Waals surface area contributed by atoms with E-state index in [4.69, 9.17) is 1.37 Å². The monoisotopic (exact) mass is 135 g/mol. The molecule has 0 N–H and O–H groups in total. The van der Waals surface area contributed by atoms with Crippen molar-refractivity contribution in [2.24, 2.45) is 23.7 Å². The zero-order valence-electron chi connectivity index (χ0n) is 7.16. The molecule has 0 aromatic rings. The summed E-state index contributed by atoms with van der Waals surface area (Å²) in [6.07, 6.45) is 8.91. The molecule has 3 aliphatic carbocycles. The Bertz CT molecular complexity index is 209. The normalized spacial score (nSPS) is 64.8. The minimum absolute atomic E-state index is 0.148. The summed E-state index contributed by atoms with van der Waals surface area (Å²) in [4.78, 5) is 0. The van der Waals surface area contributed by atoms with Crippen LogP contribution in [0.1, 0.15) is 27.0 Å². The third-order valence-corrected chi connectivity index (χ3v) is 3.71. The first-order chi connectivity index (χ1) is 5.36. The quantitative estimate of drug-likeness (QED) is 0.448. The lowest BCUT2D eigenvalue weighted by Crippen LogP contribution is -2.16. The van der Waals surface area contributed by atoms with Gasteiger partial charge in [-0.25, -0.2) is 0 Å². The van der Waals surface area contributed by atoms with Crippen molar-refractivity contribution in [2.45, 2.75) is 25.7 Å². The lowest BCUT2D eigenvalue weighted by atomic mass is 9.82. The third kappa shape index (κ3) is 0.492. The van der Waals surface area contributed by atoms with Gasteiger partial charge in [0, 0.05) is 1.37 Å². The standard InChI is InChI=1S/C10H14/c1-2-9-7-4-5-8(6-7)10(9)3-1/h1-2,7-10H,3-6H2/i3D. The number of allylic oxidation sites excluding steroid dienone is 2. The van der Waals surface area contributed by atoms with E-state index >= 15 is 0 Å². The molecule has 0 heteroatoms. The largest absolute Gasteiger partial charge is 0.0879 e. The first-order valence-electron chi connectivity index (χ1n) is 5.04. The molecule has 3 rings (SSSR count). The van der Waals surface area contributed by atoms with E-state index in [9.17, 15) is 0 Å². The molecule has 2 saturated carbocycles. The van der Waals surface area contributed by atoms with Crippen molar-refractivity contribution in [1.82, 2.24) is 0 Å². The summed E-state index contributed by atoms with van der Waals surface area (Å²) in [5.74, 6) is 3.43. The van der Waals surface area contributed by atoms with Crippen molar-refractivity contribution in [1.29, 1.82) is 0 Å². The molecule has 0 aromatic carbocycles. The maximum absolute atomic E-state index is 7.83. The summed E-state index contributed by atoms with van der Waals surface area (Å²) in [7, 11) is 0. The van der Waals surface area contributed by atoms with Crippen molar-refractivity contribution in [3.63, 3.8) is 0 Å². The Morgan fingerprint density at radius 3 is 3.10 bits per heavy atom. The van der Waals surface area contributed by atoms with Crippen molar-refractivity contribution < 1.29 is 1.37 Å². The highest BCUT2D eigenvalue weighted by Gasteiger charge is 2.47. The Kier molecular flexibility index (Phi) is 0.763. The molecule has 3 aliphatic rings. The van der Waals surface area contributed by atoms with Gasteiger partial charge >= 0.3 is 0 Å². The van der Waals surface area contributed by atoms with Crippen molar-refractivity contribution >= 4 is 0 Å². The summed E-state index contributed by atoms with van der Waals surface area (Å²) < 4.78 is 7.83. The van der Waals surface area contributed by atoms with Gasteiger partial charge in [-0.15, -0.1) is 0 Å². The van der Waals surface area contributed by atoms with Gasteiger partial charge in [0.2, 0.25) is 0 Å². The Labute approximate surface area is 63.7 Å². The number of hydrogen-bond donors (Lipinski definition) is 0. The lowest BCUT2D eigenvalue weighted by Gasteiger charge is -2.23. The average Bonchev–Trinajstić information content (AvgIpc) is 2.60. The fraction of sp³-hybridized carbons (Fsp3) is 0.800. The van der Waals surface area contributed by atoms with Crippen LogP contribution in [0.5, 0.6) is 0 Å². The van der Waals surface area contributed by atoms with Gasteiger partial charge in [0.05, 0.1) is 0 Å². The zero-order chi connectivity index (χ0) is 7.42. The van der Waals surface area contributed by atoms with Crippen LogP contribution in [0.3, 0.4) is 0 Å². The third-order valence-electron chi connectivity index (χ3n) is 3.71. The number of fused-ring (bicyclic) bond motifs is 5. The minimum Gasteiger partial charge on any atom is -0.0879 e. The molecule has 10 heavy (non-hydrogen) atoms. The Morgan fingerprint density at radius 1 is 1.30 bits per heavy atom. The molecule has 5 unspecified atom stereocenters. The van der Waals surface area contributed by atoms with Gasteiger partial charge in [0.1, 0.15) is 0 Å². The predicted molar refractivity (Wildman–Crippen MR) is 41.6 cm³/mol. The molecule has 0 aliphatic heterocycles. The molecule has 0 radical (unpaired) electrons. The van der Waals surface area contributed by atoms with E-state index < -0.39 is 0 Å². The Morgan fingerprint density at radius 2 is 2.20 bits per heavy atom. The van der Waals surface area contributed by atoms with E-state index in [2.05, 4.69) is 12.2 Å². The SMILES string of the molecule is [2H]C1C=CC2C3CCC(C3)C12. The molecule has 0 aromatic heterocycles. The lowest BCUT2D eigenvalue weighted by molar-refractivity contribution is 0.285. The summed E-state index contributed by atoms with van der Waals surface area (Å²) in [5, 5.41) is 0. The number of rotatable bonds is 0. The Hall–Kier alpha value is -0.260. The van der Waals surface area contributed by atoms with Crippen molar-refractivity contribution in [3.05, 3.63) is 12.2 Å². The van der Waals surface area contributed by atoms with Gasteiger partial charge < -0.3 is 0 Å². The van der Waals surface area contributed by atoms with Gasteiger partial charge in [-0.2, -0.15) is 0 Å². The summed E-state index contributed by atoms with van der Waals surface area (Å²) >= 11 is 0. The summed E-state index contributed by atoms with van der Waals surface area (Å²) in [6.45, 7) is 0. The first kappa shape index (κ1) is 4.58. The minimum atomic E-state index is 0.148. The van der Waals surface area contributed by atoms with Gasteiger partial charge in [0.25, 0.3) is 0 Å². The van der Waals surface area contributed by atoms with E-state index in [0.717, 1.165) is 23.7 Å². The van der Waals surface area contributed by atoms with E-state index in [1.165, 1.54) is 19.3 Å². The highest BCUT2D eigenvalue weighted by Crippen LogP contribution is 2.56. The first-order valence-corrected chi connectivity index (χ1v) is 4.47. The van der Waals surface area contributed by atoms with Crippen LogP contribution >= 0.6 is 0 Å². The smallest absolute Gasteiger partial charge is 0.0313 e. The number of hydrogen-bond acceptors (Lipinski definition) is 0. The predicted octanol–water partition coefficient (Wildman–Crippen LogP) is 2.61. The highest BCUT2D eigenvalue weighted by molar-refractivity contribution is 5.11. The molecular weight excluding hydrogens is 120 g/mol. The van der Waals surface area contributed by atoms with Crippen molar-refractivity contribution in [3.8, 4) is 0 Å². The maximum Gasteiger partial charge on any atom is 0.0313 e. The zero-order valence-corrected chi connectivity index (χ0v) is 6.16. The second-order valence-electron chi connectivity index (χ2n) is 4.07. The molecule has 0 nitrogen and oxygen atoms in total. The van der Waals surface area contributed by atoms with Crippen LogP contribution < -0.4 is 0 Å². The van der Waals surface area contributed by atoms with Crippen LogP contribution in [-0.2, 0) is 0 Å². The van der Waals surface area contributed by atoms with Crippen LogP contribution in [0.2, 0.25) is 0 Å². The fourth-order valence-corrected chi connectivity index (χ4v) is 3.27. The molecule has 54 valence electrons. The molecule has 0 amide bonds. The molecule has 5 atom stereocenters. The average molecular weight is 135 g/mol. The maximum atomic E-state index is 7.83. The van der Waals surface area contributed by atoms with E-state index in [1.54, 1.807) is 0 Å². The van der Waals surface area contributed by atoms with E-state index in [1.807, 2.05) is 0 Å². The molecular formula is C10H14. The molecule has 2 bridgehead atoms. The fourth-order valence-electron chi connectivity index (χ4n) is 3.27. The van der Waals surface area contributed by atoms with Crippen LogP contribution in [0.4, 0.5) is 0 Å². The molecule has 2 fully saturated rings. The van der Waals surface area contributed by atoms with Crippen LogP contribution in [0.15, 0.2) is 12.2 Å². The van der Waals surface area contributed by atoms with Crippen molar-refractivity contribution in [2.75, 3.05) is 0 Å².